The molecule has 0 aliphatic heterocycles. The van der Waals surface area contributed by atoms with Crippen LogP contribution < -0.4 is 5.32 Å². The first kappa shape index (κ1) is 38.8. The van der Waals surface area contributed by atoms with E-state index in [0.29, 0.717) is 48.1 Å². The Kier molecular flexibility index (Phi) is 10.0. The van der Waals surface area contributed by atoms with Crippen molar-refractivity contribution < 1.29 is 24.2 Å². The molecule has 0 aromatic rings. The van der Waals surface area contributed by atoms with E-state index in [4.69, 9.17) is 4.74 Å². The van der Waals surface area contributed by atoms with E-state index in [9.17, 15) is 19.5 Å². The van der Waals surface area contributed by atoms with E-state index >= 15 is 0 Å². The summed E-state index contributed by atoms with van der Waals surface area (Å²) < 4.78 is 6.19. The number of amides is 1. The number of aliphatic carboxylic acids is 1. The summed E-state index contributed by atoms with van der Waals surface area (Å²) in [5.74, 6) is 1.57. The molecule has 0 radical (unpaired) electrons. The monoisotopic (exact) mass is 709 g/mol. The number of nitrogens with one attached hydrogen (secondary N) is 1. The number of carbonyl (C=O) groups excluding carboxylic acids is 2. The molecular weight excluding hydrogens is 636 g/mol. The van der Waals surface area contributed by atoms with Crippen molar-refractivity contribution in [3.63, 3.8) is 0 Å². The molecule has 7 heteroatoms. The van der Waals surface area contributed by atoms with Gasteiger partial charge in [-0.3, -0.25) is 14.4 Å². The number of ether oxygens (including phenoxy) is 1. The molecule has 6 fully saturated rings. The van der Waals surface area contributed by atoms with Crippen LogP contribution in [0.2, 0.25) is 0 Å². The molecule has 2 N–H and O–H groups in total. The van der Waals surface area contributed by atoms with Gasteiger partial charge in [0.15, 0.2) is 0 Å². The van der Waals surface area contributed by atoms with Crippen molar-refractivity contribution in [1.82, 2.24) is 10.2 Å². The fourth-order valence-electron chi connectivity index (χ4n) is 14.6. The molecule has 0 unspecified atom stereocenters. The first-order valence-electron chi connectivity index (χ1n) is 20.7. The Labute approximate surface area is 309 Å². The van der Waals surface area contributed by atoms with Crippen LogP contribution in [-0.4, -0.2) is 60.1 Å². The van der Waals surface area contributed by atoms with Crippen molar-refractivity contribution >= 4 is 17.8 Å². The maximum Gasteiger partial charge on any atom is 0.309 e. The van der Waals surface area contributed by atoms with Crippen LogP contribution >= 0.6 is 0 Å². The number of allylic oxidation sites excluding steroid dienone is 1. The standard InChI is InChI=1S/C44H72N2O5/c1-27(2)30-16-21-44(25-35(47)45-28-12-13-29(24-28)46(10)11)23-22-42(8)31(37(30)44)14-15-33-41(7)19-18-34(51-36(48)26-39(3,4)38(49)50)40(5,6)32(41)17-20-43(33,42)9/h28-34,37H,1,12-26H2,2-11H3,(H,45,47)(H,49,50)/t28-,29-,30+,31-,32+,33-,34+,37-,41+,42-,43-,44-/m1/s1. The quantitative estimate of drug-likeness (QED) is 0.183. The van der Waals surface area contributed by atoms with Crippen molar-refractivity contribution in [2.24, 2.45) is 62.1 Å². The molecule has 0 aromatic carbocycles. The van der Waals surface area contributed by atoms with Crippen LogP contribution in [0, 0.1) is 62.1 Å². The number of rotatable bonds is 9. The Bertz CT molecular complexity index is 1400. The molecule has 12 atom stereocenters. The van der Waals surface area contributed by atoms with Crippen LogP contribution in [0.5, 0.6) is 0 Å². The molecule has 288 valence electrons. The highest BCUT2D eigenvalue weighted by Gasteiger charge is 2.71. The normalized spacial score (nSPS) is 44.5. The van der Waals surface area contributed by atoms with Gasteiger partial charge in [0.1, 0.15) is 6.10 Å². The van der Waals surface area contributed by atoms with E-state index in [1.54, 1.807) is 13.8 Å². The minimum Gasteiger partial charge on any atom is -0.481 e. The van der Waals surface area contributed by atoms with Gasteiger partial charge in [-0.1, -0.05) is 46.8 Å². The topological polar surface area (TPSA) is 95.9 Å². The van der Waals surface area contributed by atoms with Gasteiger partial charge in [-0.15, -0.1) is 0 Å². The van der Waals surface area contributed by atoms with Gasteiger partial charge in [0.2, 0.25) is 5.91 Å². The zero-order chi connectivity index (χ0) is 37.5. The molecule has 0 bridgehead atoms. The van der Waals surface area contributed by atoms with Gasteiger partial charge in [-0.25, -0.2) is 0 Å². The third-order valence-electron chi connectivity index (χ3n) is 17.6. The Hall–Kier alpha value is -1.89. The summed E-state index contributed by atoms with van der Waals surface area (Å²) in [6.45, 7) is 22.5. The van der Waals surface area contributed by atoms with E-state index in [2.05, 4.69) is 72.4 Å². The number of carboxylic acids is 1. The lowest BCUT2D eigenvalue weighted by molar-refractivity contribution is -0.250. The molecule has 0 saturated heterocycles. The van der Waals surface area contributed by atoms with E-state index < -0.39 is 11.4 Å². The zero-order valence-electron chi connectivity index (χ0n) is 34.0. The SMILES string of the molecule is C=C(C)[C@@H]1CC[C@]2(CC(=O)N[C@@H]3CC[C@@H](N(C)C)C3)CC[C@]3(C)[C@H](CC[C@@H]4[C@@]5(C)CC[C@H](OC(=O)CC(C)(C)C(=O)O)C(C)(C)[C@@H]5CC[C@]43C)[C@@H]12. The van der Waals surface area contributed by atoms with Gasteiger partial charge in [-0.2, -0.15) is 0 Å². The van der Waals surface area contributed by atoms with Crippen LogP contribution in [0.15, 0.2) is 12.2 Å². The third-order valence-corrected chi connectivity index (χ3v) is 17.6. The van der Waals surface area contributed by atoms with Gasteiger partial charge in [0, 0.05) is 23.9 Å². The number of nitrogens with zero attached hydrogens (tertiary/aromatic N) is 1. The highest BCUT2D eigenvalue weighted by molar-refractivity contribution is 5.81. The van der Waals surface area contributed by atoms with Crippen molar-refractivity contribution in [3.8, 4) is 0 Å². The second kappa shape index (κ2) is 13.1. The van der Waals surface area contributed by atoms with Crippen molar-refractivity contribution in [3.05, 3.63) is 12.2 Å². The highest BCUT2D eigenvalue weighted by atomic mass is 16.5. The minimum atomic E-state index is -1.14. The van der Waals surface area contributed by atoms with Crippen molar-refractivity contribution in [2.45, 2.75) is 170 Å². The molecule has 7 nitrogen and oxygen atoms in total. The number of carboxylic acid groups (broad SMARTS) is 1. The summed E-state index contributed by atoms with van der Waals surface area (Å²) >= 11 is 0. The minimum absolute atomic E-state index is 0.0703. The van der Waals surface area contributed by atoms with Gasteiger partial charge in [0.05, 0.1) is 11.8 Å². The van der Waals surface area contributed by atoms with Gasteiger partial charge in [-0.05, 0) is 170 Å². The van der Waals surface area contributed by atoms with Crippen LogP contribution in [0.4, 0.5) is 0 Å². The Morgan fingerprint density at radius 3 is 2.20 bits per heavy atom. The number of hydrogen-bond acceptors (Lipinski definition) is 5. The molecule has 6 saturated carbocycles. The van der Waals surface area contributed by atoms with Gasteiger partial charge < -0.3 is 20.1 Å². The maximum atomic E-state index is 13.9. The largest absolute Gasteiger partial charge is 0.481 e. The average molecular weight is 709 g/mol. The van der Waals surface area contributed by atoms with Crippen molar-refractivity contribution in [2.75, 3.05) is 14.1 Å². The van der Waals surface area contributed by atoms with E-state index in [0.717, 1.165) is 51.4 Å². The van der Waals surface area contributed by atoms with Crippen LogP contribution in [0.1, 0.15) is 152 Å². The fourth-order valence-corrected chi connectivity index (χ4v) is 14.6. The molecule has 51 heavy (non-hydrogen) atoms. The molecule has 0 heterocycles. The summed E-state index contributed by atoms with van der Waals surface area (Å²) in [6.07, 6.45) is 15.0. The van der Waals surface area contributed by atoms with E-state index in [1.165, 1.54) is 37.7 Å². The summed E-state index contributed by atoms with van der Waals surface area (Å²) in [7, 11) is 4.32. The first-order valence-corrected chi connectivity index (χ1v) is 20.7. The molecule has 1 amide bonds. The predicted molar refractivity (Wildman–Crippen MR) is 203 cm³/mol. The van der Waals surface area contributed by atoms with Gasteiger partial charge in [0.25, 0.3) is 0 Å². The van der Waals surface area contributed by atoms with E-state index in [1.807, 2.05) is 0 Å². The summed E-state index contributed by atoms with van der Waals surface area (Å²) in [6, 6.07) is 0.868. The molecular formula is C44H72N2O5. The number of esters is 1. The third kappa shape index (κ3) is 6.23. The lowest BCUT2D eigenvalue weighted by atomic mass is 9.32. The molecule has 6 aliphatic carbocycles. The lowest BCUT2D eigenvalue weighted by Crippen LogP contribution is -2.67. The Morgan fingerprint density at radius 2 is 1.57 bits per heavy atom. The summed E-state index contributed by atoms with van der Waals surface area (Å²) in [5, 5.41) is 13.1. The number of carbonyl (C=O) groups is 3. The average Bonchev–Trinajstić information content (AvgIpc) is 3.64. The molecule has 6 aliphatic rings. The second-order valence-electron chi connectivity index (χ2n) is 21.1. The maximum absolute atomic E-state index is 13.9. The van der Waals surface area contributed by atoms with Crippen LogP contribution in [-0.2, 0) is 19.1 Å². The van der Waals surface area contributed by atoms with E-state index in [-0.39, 0.29) is 51.5 Å². The molecule has 0 spiro atoms. The fraction of sp³-hybridized carbons (Fsp3) is 0.886. The van der Waals surface area contributed by atoms with Crippen LogP contribution in [0.25, 0.3) is 0 Å². The number of hydrogen-bond donors (Lipinski definition) is 2. The molecule has 6 rings (SSSR count). The smallest absolute Gasteiger partial charge is 0.309 e. The lowest BCUT2D eigenvalue weighted by Gasteiger charge is -2.73. The summed E-state index contributed by atoms with van der Waals surface area (Å²) in [4.78, 5) is 41.1. The highest BCUT2D eigenvalue weighted by Crippen LogP contribution is 2.78. The Balaban J connectivity index is 1.22. The van der Waals surface area contributed by atoms with Crippen molar-refractivity contribution in [1.29, 1.82) is 0 Å². The summed E-state index contributed by atoms with van der Waals surface area (Å²) in [5.41, 5.74) is 0.618. The zero-order valence-corrected chi connectivity index (χ0v) is 34.0. The van der Waals surface area contributed by atoms with Gasteiger partial charge >= 0.3 is 11.9 Å². The second-order valence-corrected chi connectivity index (χ2v) is 21.1. The molecule has 0 aromatic heterocycles. The number of fused-ring (bicyclic) bond motifs is 7. The predicted octanol–water partition coefficient (Wildman–Crippen LogP) is 9.05. The van der Waals surface area contributed by atoms with Crippen LogP contribution in [0.3, 0.4) is 0 Å². The Morgan fingerprint density at radius 1 is 0.863 bits per heavy atom. The first-order chi connectivity index (χ1) is 23.6.